The Kier molecular flexibility index (Phi) is 5.11. The van der Waals surface area contributed by atoms with Crippen LogP contribution in [0.25, 0.3) is 11.4 Å². The van der Waals surface area contributed by atoms with Crippen LogP contribution in [0.1, 0.15) is 28.5 Å². The van der Waals surface area contributed by atoms with Gasteiger partial charge in [0.05, 0.1) is 12.2 Å². The molecule has 0 saturated carbocycles. The SMILES string of the molecule is CCOC(=O)c1nnc(-c2cccc(C(F)(F)F)c2)nc1N1CCc2ccccc21. The molecule has 0 amide bonds. The van der Waals surface area contributed by atoms with E-state index in [1.54, 1.807) is 6.92 Å². The standard InChI is InChI=1S/C21H17F3N4O2/c1-2-30-20(29)17-19(28-11-10-13-6-3-4-9-16(13)28)25-18(27-26-17)14-7-5-8-15(12-14)21(22,23)24/h3-9,12H,2,10-11H2,1H3. The lowest BCUT2D eigenvalue weighted by Gasteiger charge is -2.20. The fourth-order valence-electron chi connectivity index (χ4n) is 3.35. The zero-order valence-corrected chi connectivity index (χ0v) is 16.0. The van der Waals surface area contributed by atoms with Crippen LogP contribution in [0.2, 0.25) is 0 Å². The molecule has 4 rings (SSSR count). The normalized spacial score (nSPS) is 13.3. The van der Waals surface area contributed by atoms with Crippen molar-refractivity contribution in [3.63, 3.8) is 0 Å². The first-order chi connectivity index (χ1) is 14.4. The van der Waals surface area contributed by atoms with Crippen LogP contribution in [0.5, 0.6) is 0 Å². The van der Waals surface area contributed by atoms with Crippen LogP contribution in [0.15, 0.2) is 48.5 Å². The highest BCUT2D eigenvalue weighted by Crippen LogP contribution is 2.36. The zero-order valence-electron chi connectivity index (χ0n) is 16.0. The maximum absolute atomic E-state index is 13.1. The van der Waals surface area contributed by atoms with Gasteiger partial charge in [-0.3, -0.25) is 0 Å². The Morgan fingerprint density at radius 1 is 1.13 bits per heavy atom. The molecule has 154 valence electrons. The number of carbonyl (C=O) groups excluding carboxylic acids is 1. The van der Waals surface area contributed by atoms with E-state index in [9.17, 15) is 18.0 Å². The van der Waals surface area contributed by atoms with Gasteiger partial charge in [-0.05, 0) is 37.1 Å². The van der Waals surface area contributed by atoms with Crippen LogP contribution in [0, 0.1) is 0 Å². The van der Waals surface area contributed by atoms with E-state index in [1.165, 1.54) is 12.1 Å². The number of ether oxygens (including phenoxy) is 1. The van der Waals surface area contributed by atoms with E-state index in [1.807, 2.05) is 29.2 Å². The van der Waals surface area contributed by atoms with Crippen molar-refractivity contribution in [2.75, 3.05) is 18.1 Å². The predicted octanol–water partition coefficient (Wildman–Crippen LogP) is 4.43. The quantitative estimate of drug-likeness (QED) is 0.589. The second-order valence-corrected chi connectivity index (χ2v) is 6.64. The van der Waals surface area contributed by atoms with Crippen molar-refractivity contribution in [3.05, 3.63) is 65.4 Å². The summed E-state index contributed by atoms with van der Waals surface area (Å²) in [5, 5.41) is 7.88. The van der Waals surface area contributed by atoms with Crippen LogP contribution >= 0.6 is 0 Å². The molecular formula is C21H17F3N4O2. The summed E-state index contributed by atoms with van der Waals surface area (Å²) in [4.78, 5) is 18.7. The summed E-state index contributed by atoms with van der Waals surface area (Å²) in [5.74, 6) is -0.484. The third-order valence-electron chi connectivity index (χ3n) is 4.73. The summed E-state index contributed by atoms with van der Waals surface area (Å²) in [6, 6.07) is 12.3. The molecule has 1 aliphatic heterocycles. The molecule has 0 bridgehead atoms. The average Bonchev–Trinajstić information content (AvgIpc) is 3.17. The summed E-state index contributed by atoms with van der Waals surface area (Å²) < 4.78 is 44.4. The van der Waals surface area contributed by atoms with Crippen molar-refractivity contribution in [2.45, 2.75) is 19.5 Å². The van der Waals surface area contributed by atoms with Gasteiger partial charge in [0.2, 0.25) is 5.69 Å². The number of hydrogen-bond acceptors (Lipinski definition) is 6. The molecule has 0 fully saturated rings. The van der Waals surface area contributed by atoms with E-state index in [0.29, 0.717) is 6.54 Å². The monoisotopic (exact) mass is 414 g/mol. The lowest BCUT2D eigenvalue weighted by atomic mass is 10.1. The Hall–Kier alpha value is -3.49. The maximum Gasteiger partial charge on any atom is 0.416 e. The van der Waals surface area contributed by atoms with Gasteiger partial charge >= 0.3 is 12.1 Å². The number of alkyl halides is 3. The number of para-hydroxylation sites is 1. The fourth-order valence-corrected chi connectivity index (χ4v) is 3.35. The van der Waals surface area contributed by atoms with Gasteiger partial charge in [-0.2, -0.15) is 13.2 Å². The summed E-state index contributed by atoms with van der Waals surface area (Å²) >= 11 is 0. The van der Waals surface area contributed by atoms with Crippen molar-refractivity contribution in [1.82, 2.24) is 15.2 Å². The number of rotatable bonds is 4. The van der Waals surface area contributed by atoms with Crippen LogP contribution < -0.4 is 4.90 Å². The molecule has 2 heterocycles. The molecule has 9 heteroatoms. The third kappa shape index (κ3) is 3.70. The second kappa shape index (κ2) is 7.74. The largest absolute Gasteiger partial charge is 0.461 e. The topological polar surface area (TPSA) is 68.2 Å². The van der Waals surface area contributed by atoms with E-state index in [4.69, 9.17) is 4.74 Å². The first kappa shape index (κ1) is 19.8. The molecule has 6 nitrogen and oxygen atoms in total. The van der Waals surface area contributed by atoms with Crippen LogP contribution in [0.3, 0.4) is 0 Å². The molecule has 0 saturated heterocycles. The van der Waals surface area contributed by atoms with Crippen molar-refractivity contribution in [3.8, 4) is 11.4 Å². The Labute approximate surface area is 170 Å². The van der Waals surface area contributed by atoms with Crippen LogP contribution in [-0.4, -0.2) is 34.3 Å². The number of esters is 1. The minimum Gasteiger partial charge on any atom is -0.461 e. The Morgan fingerprint density at radius 3 is 2.70 bits per heavy atom. The first-order valence-electron chi connectivity index (χ1n) is 9.33. The van der Waals surface area contributed by atoms with Gasteiger partial charge in [0.1, 0.15) is 0 Å². The first-order valence-corrected chi connectivity index (χ1v) is 9.33. The van der Waals surface area contributed by atoms with Crippen molar-refractivity contribution >= 4 is 17.5 Å². The molecule has 0 spiro atoms. The van der Waals surface area contributed by atoms with Gasteiger partial charge in [-0.25, -0.2) is 9.78 Å². The van der Waals surface area contributed by atoms with Crippen molar-refractivity contribution in [2.24, 2.45) is 0 Å². The smallest absolute Gasteiger partial charge is 0.416 e. The van der Waals surface area contributed by atoms with Gasteiger partial charge in [-0.15, -0.1) is 10.2 Å². The summed E-state index contributed by atoms with van der Waals surface area (Å²) in [6.07, 6.45) is -3.76. The highest BCUT2D eigenvalue weighted by molar-refractivity contribution is 5.94. The Bertz CT molecular complexity index is 1100. The Balaban J connectivity index is 1.83. The zero-order chi connectivity index (χ0) is 21.3. The van der Waals surface area contributed by atoms with E-state index < -0.39 is 17.7 Å². The molecule has 0 aliphatic carbocycles. The van der Waals surface area contributed by atoms with E-state index >= 15 is 0 Å². The summed E-state index contributed by atoms with van der Waals surface area (Å²) in [7, 11) is 0. The lowest BCUT2D eigenvalue weighted by Crippen LogP contribution is -2.22. The highest BCUT2D eigenvalue weighted by atomic mass is 19.4. The number of halogens is 3. The van der Waals surface area contributed by atoms with Crippen LogP contribution in [-0.2, 0) is 17.3 Å². The van der Waals surface area contributed by atoms with Gasteiger partial charge in [0.25, 0.3) is 0 Å². The minimum atomic E-state index is -4.50. The third-order valence-corrected chi connectivity index (χ3v) is 4.73. The van der Waals surface area contributed by atoms with E-state index in [2.05, 4.69) is 15.2 Å². The molecular weight excluding hydrogens is 397 g/mol. The minimum absolute atomic E-state index is 0.00599. The number of anilines is 2. The number of aromatic nitrogens is 3. The van der Waals surface area contributed by atoms with Gasteiger partial charge < -0.3 is 9.64 Å². The molecule has 30 heavy (non-hydrogen) atoms. The molecule has 1 aliphatic rings. The number of fused-ring (bicyclic) bond motifs is 1. The molecule has 0 atom stereocenters. The Morgan fingerprint density at radius 2 is 1.93 bits per heavy atom. The molecule has 0 radical (unpaired) electrons. The second-order valence-electron chi connectivity index (χ2n) is 6.64. The number of nitrogens with zero attached hydrogens (tertiary/aromatic N) is 4. The van der Waals surface area contributed by atoms with E-state index in [-0.39, 0.29) is 29.5 Å². The summed E-state index contributed by atoms with van der Waals surface area (Å²) in [5.41, 5.74) is 1.20. The number of carbonyl (C=O) groups is 1. The van der Waals surface area contributed by atoms with Crippen molar-refractivity contribution in [1.29, 1.82) is 0 Å². The van der Waals surface area contributed by atoms with Crippen molar-refractivity contribution < 1.29 is 22.7 Å². The van der Waals surface area contributed by atoms with Gasteiger partial charge in [-0.1, -0.05) is 30.3 Å². The molecule has 1 aromatic heterocycles. The number of benzene rings is 2. The van der Waals surface area contributed by atoms with Crippen LogP contribution in [0.4, 0.5) is 24.7 Å². The lowest BCUT2D eigenvalue weighted by molar-refractivity contribution is -0.137. The number of hydrogen-bond donors (Lipinski definition) is 0. The highest BCUT2D eigenvalue weighted by Gasteiger charge is 2.32. The molecule has 3 aromatic rings. The predicted molar refractivity (Wildman–Crippen MR) is 103 cm³/mol. The fraction of sp³-hybridized carbons (Fsp3) is 0.238. The van der Waals surface area contributed by atoms with Gasteiger partial charge in [0, 0.05) is 17.8 Å². The molecule has 0 N–H and O–H groups in total. The average molecular weight is 414 g/mol. The summed E-state index contributed by atoms with van der Waals surface area (Å²) in [6.45, 7) is 2.36. The van der Waals surface area contributed by atoms with Gasteiger partial charge in [0.15, 0.2) is 11.6 Å². The maximum atomic E-state index is 13.1. The van der Waals surface area contributed by atoms with E-state index in [0.717, 1.165) is 29.8 Å². The molecule has 0 unspecified atom stereocenters. The molecule has 2 aromatic carbocycles.